The van der Waals surface area contributed by atoms with Crippen molar-refractivity contribution in [3.63, 3.8) is 0 Å². The summed E-state index contributed by atoms with van der Waals surface area (Å²) < 4.78 is 16.4. The van der Waals surface area contributed by atoms with Gasteiger partial charge in [0, 0.05) is 22.2 Å². The number of nitrogens with zero attached hydrogens (tertiary/aromatic N) is 2. The van der Waals surface area contributed by atoms with Crippen LogP contribution in [0.5, 0.6) is 17.2 Å². The molecule has 4 aromatic carbocycles. The van der Waals surface area contributed by atoms with Crippen LogP contribution < -0.4 is 14.2 Å². The van der Waals surface area contributed by atoms with Gasteiger partial charge in [0.1, 0.15) is 17.4 Å². The Hall–Kier alpha value is -4.28. The molecule has 0 saturated carbocycles. The van der Waals surface area contributed by atoms with E-state index in [9.17, 15) is 20.0 Å². The number of esters is 2. The van der Waals surface area contributed by atoms with Crippen molar-refractivity contribution in [2.24, 2.45) is 0 Å². The number of hydrogen-bond donors (Lipinski definition) is 1. The van der Waals surface area contributed by atoms with Gasteiger partial charge in [-0.3, -0.25) is 0 Å². The van der Waals surface area contributed by atoms with Crippen LogP contribution in [0.25, 0.3) is 16.0 Å². The molecule has 4 aromatic rings. The van der Waals surface area contributed by atoms with Gasteiger partial charge in [0.05, 0.1) is 46.5 Å². The quantitative estimate of drug-likeness (QED) is 0.123. The summed E-state index contributed by atoms with van der Waals surface area (Å²) in [7, 11) is 1.28. The Morgan fingerprint density at radius 1 is 0.881 bits per heavy atom. The Morgan fingerprint density at radius 3 is 2.05 bits per heavy atom. The fraction of sp³-hybridized carbons (Fsp3) is 0.0667. The van der Waals surface area contributed by atoms with Gasteiger partial charge in [-0.25, -0.2) is 14.4 Å². The topological polar surface area (TPSA) is 110 Å². The lowest BCUT2D eigenvalue weighted by atomic mass is 9.96. The Bertz CT molecular complexity index is 1700. The number of ether oxygens (including phenoxy) is 3. The van der Waals surface area contributed by atoms with Gasteiger partial charge in [-0.05, 0) is 29.8 Å². The zero-order valence-electron chi connectivity index (χ0n) is 21.4. The van der Waals surface area contributed by atoms with E-state index in [-0.39, 0.29) is 70.8 Å². The molecule has 0 aliphatic heterocycles. The van der Waals surface area contributed by atoms with Crippen LogP contribution >= 0.6 is 46.4 Å². The number of carbonyl (C=O) groups excluding carboxylic acids is 2. The normalized spacial score (nSPS) is 10.4. The van der Waals surface area contributed by atoms with Crippen LogP contribution in [0, 0.1) is 17.9 Å². The second-order valence-corrected chi connectivity index (χ2v) is 9.95. The monoisotopic (exact) mass is 640 g/mol. The fourth-order valence-electron chi connectivity index (χ4n) is 4.08. The Morgan fingerprint density at radius 2 is 1.45 bits per heavy atom. The molecule has 0 radical (unpaired) electrons. The average Bonchev–Trinajstić information content (AvgIpc) is 2.98. The third-order valence-corrected chi connectivity index (χ3v) is 7.24. The predicted molar refractivity (Wildman–Crippen MR) is 158 cm³/mol. The molecule has 1 N–H and O–H groups in total. The average molecular weight is 642 g/mol. The summed E-state index contributed by atoms with van der Waals surface area (Å²) in [5.74, 6) is -2.87. The highest BCUT2D eigenvalue weighted by atomic mass is 35.5. The van der Waals surface area contributed by atoms with E-state index >= 15 is 0 Å². The maximum atomic E-state index is 13.4. The molecule has 0 amide bonds. The van der Waals surface area contributed by atoms with Gasteiger partial charge in [-0.1, -0.05) is 76.7 Å². The van der Waals surface area contributed by atoms with Crippen molar-refractivity contribution >= 4 is 64.0 Å². The molecule has 0 heterocycles. The number of carbonyl (C=O) groups is 2. The molecule has 0 unspecified atom stereocenters. The van der Waals surface area contributed by atoms with Crippen LogP contribution in [0.3, 0.4) is 0 Å². The van der Waals surface area contributed by atoms with E-state index in [1.54, 1.807) is 30.3 Å². The van der Waals surface area contributed by atoms with E-state index < -0.39 is 18.5 Å². The van der Waals surface area contributed by atoms with Crippen LogP contribution in [-0.2, 0) is 6.61 Å². The first-order chi connectivity index (χ1) is 20.2. The van der Waals surface area contributed by atoms with Crippen LogP contribution in [0.4, 0.5) is 5.69 Å². The molecule has 0 fully saturated rings. The van der Waals surface area contributed by atoms with E-state index in [2.05, 4.69) is 4.85 Å². The van der Waals surface area contributed by atoms with Crippen molar-refractivity contribution in [1.29, 1.82) is 5.26 Å². The highest BCUT2D eigenvalue weighted by Crippen LogP contribution is 2.46. The summed E-state index contributed by atoms with van der Waals surface area (Å²) in [6.45, 7) is 7.25. The number of halogens is 4. The smallest absolute Gasteiger partial charge is 0.348 e. The summed E-state index contributed by atoms with van der Waals surface area (Å²) in [5, 5.41) is 20.0. The van der Waals surface area contributed by atoms with E-state index in [1.165, 1.54) is 31.4 Å². The van der Waals surface area contributed by atoms with E-state index in [0.717, 1.165) is 6.07 Å². The third-order valence-electron chi connectivity index (χ3n) is 5.95. The minimum Gasteiger partial charge on any atom is -0.494 e. The van der Waals surface area contributed by atoms with Crippen LogP contribution in [0.1, 0.15) is 31.8 Å². The largest absolute Gasteiger partial charge is 0.494 e. The molecule has 210 valence electrons. The zero-order chi connectivity index (χ0) is 30.6. The predicted octanol–water partition coefficient (Wildman–Crippen LogP) is 8.33. The van der Waals surface area contributed by atoms with Crippen molar-refractivity contribution in [1.82, 2.24) is 0 Å². The Balaban J connectivity index is 1.94. The number of methoxy groups -OCH3 is 1. The Labute approximate surface area is 259 Å². The van der Waals surface area contributed by atoms with E-state index in [4.69, 9.17) is 67.2 Å². The maximum absolute atomic E-state index is 13.4. The molecule has 42 heavy (non-hydrogen) atoms. The molecule has 12 heteroatoms. The van der Waals surface area contributed by atoms with E-state index in [1.807, 2.05) is 6.07 Å². The van der Waals surface area contributed by atoms with Crippen LogP contribution in [0.15, 0.2) is 60.7 Å². The maximum Gasteiger partial charge on any atom is 0.348 e. The summed E-state index contributed by atoms with van der Waals surface area (Å²) in [4.78, 5) is 30.3. The van der Waals surface area contributed by atoms with Gasteiger partial charge in [0.25, 0.3) is 0 Å². The number of hydrogen-bond acceptors (Lipinski definition) is 7. The molecule has 0 aromatic heterocycles. The highest BCUT2D eigenvalue weighted by molar-refractivity contribution is 6.37. The fourth-order valence-corrected chi connectivity index (χ4v) is 5.02. The molecule has 0 bridgehead atoms. The van der Waals surface area contributed by atoms with Crippen LogP contribution in [-0.4, -0.2) is 24.2 Å². The van der Waals surface area contributed by atoms with Crippen molar-refractivity contribution in [3.8, 4) is 34.4 Å². The third kappa shape index (κ3) is 5.86. The van der Waals surface area contributed by atoms with Crippen molar-refractivity contribution < 1.29 is 28.9 Å². The second-order valence-electron chi connectivity index (χ2n) is 8.32. The zero-order valence-corrected chi connectivity index (χ0v) is 24.4. The van der Waals surface area contributed by atoms with Gasteiger partial charge < -0.3 is 19.3 Å². The lowest BCUT2D eigenvalue weighted by Crippen LogP contribution is -2.15. The molecular weight excluding hydrogens is 626 g/mol. The number of aliphatic hydroxyl groups excluding tert-OH is 1. The van der Waals surface area contributed by atoms with Gasteiger partial charge in [0.15, 0.2) is 11.5 Å². The minimum absolute atomic E-state index is 0.00445. The number of benzene rings is 4. The van der Waals surface area contributed by atoms with Crippen molar-refractivity contribution in [2.75, 3.05) is 7.11 Å². The summed E-state index contributed by atoms with van der Waals surface area (Å²) >= 11 is 24.8. The molecular formula is C30H16Cl4N2O6. The SMILES string of the molecule is [C-]#[N+]c1c(OC(=O)c2c(Cl)ccc(Cl)c2CO)cc(OC(=O)c2c(Cl)ccc(Cl)c2OC)c(C#N)c1-c1ccccc1. The van der Waals surface area contributed by atoms with Gasteiger partial charge in [-0.2, -0.15) is 5.26 Å². The molecule has 0 atom stereocenters. The molecule has 0 spiro atoms. The van der Waals surface area contributed by atoms with Gasteiger partial charge >= 0.3 is 11.9 Å². The first-order valence-corrected chi connectivity index (χ1v) is 13.3. The van der Waals surface area contributed by atoms with E-state index in [0.29, 0.717) is 5.56 Å². The molecule has 8 nitrogen and oxygen atoms in total. The van der Waals surface area contributed by atoms with Crippen molar-refractivity contribution in [3.05, 3.63) is 114 Å². The van der Waals surface area contributed by atoms with Crippen molar-refractivity contribution in [2.45, 2.75) is 6.61 Å². The second kappa shape index (κ2) is 13.1. The summed E-state index contributed by atoms with van der Waals surface area (Å²) in [6, 6.07) is 16.9. The number of nitriles is 1. The highest BCUT2D eigenvalue weighted by Gasteiger charge is 2.29. The molecule has 4 rings (SSSR count). The minimum atomic E-state index is -1.06. The lowest BCUT2D eigenvalue weighted by molar-refractivity contribution is 0.0730. The lowest BCUT2D eigenvalue weighted by Gasteiger charge is -2.18. The Kier molecular flexibility index (Phi) is 9.59. The van der Waals surface area contributed by atoms with Gasteiger partial charge in [0.2, 0.25) is 5.69 Å². The van der Waals surface area contributed by atoms with Crippen LogP contribution in [0.2, 0.25) is 20.1 Å². The standard InChI is InChI=1S/C30H16Cl4N2O6/c1-36-27-23(42-29(38)25-17(14-37)18(31)8-9-19(25)32)12-22(16(13-35)24(27)15-6-4-3-5-7-15)41-30(39)26-20(33)10-11-21(34)28(26)40-2/h3-12,37H,14H2,2H3. The molecule has 0 aliphatic carbocycles. The summed E-state index contributed by atoms with van der Waals surface area (Å²) in [5.41, 5.74) is -0.451. The first kappa shape index (κ1) is 30.7. The number of rotatable bonds is 7. The molecule has 0 aliphatic rings. The number of aliphatic hydroxyl groups is 1. The summed E-state index contributed by atoms with van der Waals surface area (Å²) in [6.07, 6.45) is 0. The van der Waals surface area contributed by atoms with Gasteiger partial charge in [-0.15, -0.1) is 0 Å². The molecule has 0 saturated heterocycles. The first-order valence-electron chi connectivity index (χ1n) is 11.7.